The van der Waals surface area contributed by atoms with Crippen LogP contribution in [0.1, 0.15) is 117 Å². The molecule has 0 unspecified atom stereocenters. The van der Waals surface area contributed by atoms with Crippen molar-refractivity contribution in [1.29, 1.82) is 0 Å². The summed E-state index contributed by atoms with van der Waals surface area (Å²) in [6.07, 6.45) is 22.4. The Morgan fingerprint density at radius 3 is 1.14 bits per heavy atom. The first-order valence-corrected chi connectivity index (χ1v) is 10.2. The van der Waals surface area contributed by atoms with Crippen LogP contribution < -0.4 is 0 Å². The van der Waals surface area contributed by atoms with Gasteiger partial charge in [-0.2, -0.15) is 5.06 Å². The first-order valence-electron chi connectivity index (χ1n) is 10.2. The van der Waals surface area contributed by atoms with Gasteiger partial charge in [-0.15, -0.1) is 0 Å². The van der Waals surface area contributed by atoms with Crippen LogP contribution in [0.25, 0.3) is 0 Å². The van der Waals surface area contributed by atoms with Gasteiger partial charge in [0.15, 0.2) is 0 Å². The molecule has 0 saturated heterocycles. The first kappa shape index (κ1) is 21.9. The summed E-state index contributed by atoms with van der Waals surface area (Å²) < 4.78 is 0. The predicted octanol–water partition coefficient (Wildman–Crippen LogP) is 6.96. The second-order valence-corrected chi connectivity index (χ2v) is 6.85. The molecule has 0 aliphatic carbocycles. The molecule has 2 heteroatoms. The minimum atomic E-state index is 0.749. The van der Waals surface area contributed by atoms with Crippen molar-refractivity contribution in [3.8, 4) is 0 Å². The molecule has 0 bridgehead atoms. The van der Waals surface area contributed by atoms with E-state index in [2.05, 4.69) is 6.92 Å². The number of hydrogen-bond donors (Lipinski definition) is 1. The lowest BCUT2D eigenvalue weighted by Gasteiger charge is -2.10. The number of hydrogen-bond acceptors (Lipinski definition) is 2. The molecule has 0 saturated carbocycles. The minimum absolute atomic E-state index is 0.749. The van der Waals surface area contributed by atoms with Crippen molar-refractivity contribution >= 4 is 0 Å². The molecule has 0 spiro atoms. The van der Waals surface area contributed by atoms with E-state index in [0.29, 0.717) is 0 Å². The monoisotopic (exact) mass is 313 g/mol. The molecule has 134 valence electrons. The Bertz CT molecular complexity index is 196. The average Bonchev–Trinajstić information content (AvgIpc) is 2.54. The molecule has 0 aliphatic heterocycles. The van der Waals surface area contributed by atoms with Crippen LogP contribution in [0.3, 0.4) is 0 Å². The van der Waals surface area contributed by atoms with Gasteiger partial charge in [0.25, 0.3) is 0 Å². The van der Waals surface area contributed by atoms with Gasteiger partial charge in [-0.05, 0) is 6.42 Å². The van der Waals surface area contributed by atoms with Crippen molar-refractivity contribution in [2.45, 2.75) is 117 Å². The molecular formula is C20H43NO. The highest BCUT2D eigenvalue weighted by Crippen LogP contribution is 2.13. The molecule has 0 fully saturated rings. The molecule has 1 N–H and O–H groups in total. The van der Waals surface area contributed by atoms with Gasteiger partial charge >= 0.3 is 0 Å². The van der Waals surface area contributed by atoms with Gasteiger partial charge in [-0.25, -0.2) is 0 Å². The topological polar surface area (TPSA) is 23.5 Å². The van der Waals surface area contributed by atoms with Crippen LogP contribution in [-0.4, -0.2) is 23.4 Å². The summed E-state index contributed by atoms with van der Waals surface area (Å²) in [5, 5.41) is 10.7. The second-order valence-electron chi connectivity index (χ2n) is 6.85. The van der Waals surface area contributed by atoms with E-state index in [0.717, 1.165) is 19.5 Å². The molecule has 2 nitrogen and oxygen atoms in total. The van der Waals surface area contributed by atoms with E-state index in [1.54, 1.807) is 0 Å². The van der Waals surface area contributed by atoms with Crippen molar-refractivity contribution in [2.75, 3.05) is 13.1 Å². The highest BCUT2D eigenvalue weighted by Gasteiger charge is 1.97. The Morgan fingerprint density at radius 1 is 0.500 bits per heavy atom. The number of hydroxylamine groups is 2. The summed E-state index contributed by atoms with van der Waals surface area (Å²) in [7, 11) is 0. The maximum atomic E-state index is 9.31. The second kappa shape index (κ2) is 19.0. The molecule has 0 aliphatic rings. The molecular weight excluding hydrogens is 270 g/mol. The van der Waals surface area contributed by atoms with E-state index < -0.39 is 0 Å². The summed E-state index contributed by atoms with van der Waals surface area (Å²) in [6, 6.07) is 0. The summed E-state index contributed by atoms with van der Waals surface area (Å²) in [5.74, 6) is 0. The number of rotatable bonds is 18. The zero-order chi connectivity index (χ0) is 16.3. The van der Waals surface area contributed by atoms with Crippen LogP contribution in [-0.2, 0) is 0 Å². The lowest BCUT2D eigenvalue weighted by Crippen LogP contribution is -2.19. The Kier molecular flexibility index (Phi) is 18.9. The Labute approximate surface area is 140 Å². The summed E-state index contributed by atoms with van der Waals surface area (Å²) in [4.78, 5) is 0. The third kappa shape index (κ3) is 18.0. The summed E-state index contributed by atoms with van der Waals surface area (Å²) in [5.41, 5.74) is 0. The highest BCUT2D eigenvalue weighted by atomic mass is 16.5. The van der Waals surface area contributed by atoms with Crippen LogP contribution in [0.15, 0.2) is 0 Å². The van der Waals surface area contributed by atoms with E-state index in [1.165, 1.54) is 101 Å². The fourth-order valence-corrected chi connectivity index (χ4v) is 3.00. The van der Waals surface area contributed by atoms with E-state index in [4.69, 9.17) is 0 Å². The van der Waals surface area contributed by atoms with Crippen molar-refractivity contribution in [3.63, 3.8) is 0 Å². The Balaban J connectivity index is 2.97. The molecule has 0 heterocycles. The third-order valence-electron chi connectivity index (χ3n) is 4.63. The van der Waals surface area contributed by atoms with Crippen molar-refractivity contribution < 1.29 is 5.21 Å². The van der Waals surface area contributed by atoms with Crippen LogP contribution in [0.2, 0.25) is 0 Å². The van der Waals surface area contributed by atoms with Crippen molar-refractivity contribution in [2.24, 2.45) is 0 Å². The number of nitrogens with zero attached hydrogens (tertiary/aromatic N) is 1. The standard InChI is InChI=1S/C20H43NO/c1-3-5-6-7-8-9-10-11-12-13-14-15-16-17-18-19-20-21(22)4-2/h22H,3-20H2,1-2H3. The van der Waals surface area contributed by atoms with Gasteiger partial charge in [-0.1, -0.05) is 110 Å². The Morgan fingerprint density at radius 2 is 0.818 bits per heavy atom. The predicted molar refractivity (Wildman–Crippen MR) is 98.6 cm³/mol. The van der Waals surface area contributed by atoms with Crippen LogP contribution in [0, 0.1) is 0 Å². The van der Waals surface area contributed by atoms with Crippen LogP contribution in [0.5, 0.6) is 0 Å². The maximum absolute atomic E-state index is 9.31. The lowest BCUT2D eigenvalue weighted by molar-refractivity contribution is -0.0869. The largest absolute Gasteiger partial charge is 0.314 e. The van der Waals surface area contributed by atoms with Crippen molar-refractivity contribution in [3.05, 3.63) is 0 Å². The van der Waals surface area contributed by atoms with Crippen molar-refractivity contribution in [1.82, 2.24) is 5.06 Å². The van der Waals surface area contributed by atoms with Gasteiger partial charge < -0.3 is 5.21 Å². The summed E-state index contributed by atoms with van der Waals surface area (Å²) in [6.45, 7) is 5.87. The molecule has 0 aromatic rings. The molecule has 0 atom stereocenters. The smallest absolute Gasteiger partial charge is 0.0238 e. The average molecular weight is 314 g/mol. The zero-order valence-corrected chi connectivity index (χ0v) is 15.6. The Hall–Kier alpha value is -0.0800. The first-order chi connectivity index (χ1) is 10.8. The van der Waals surface area contributed by atoms with Gasteiger partial charge in [0.1, 0.15) is 0 Å². The van der Waals surface area contributed by atoms with Gasteiger partial charge in [0.05, 0.1) is 0 Å². The highest BCUT2D eigenvalue weighted by molar-refractivity contribution is 4.50. The molecule has 0 amide bonds. The van der Waals surface area contributed by atoms with E-state index in [1.807, 2.05) is 6.92 Å². The molecule has 0 aromatic heterocycles. The summed E-state index contributed by atoms with van der Waals surface area (Å²) >= 11 is 0. The van der Waals surface area contributed by atoms with E-state index >= 15 is 0 Å². The van der Waals surface area contributed by atoms with Gasteiger partial charge in [0.2, 0.25) is 0 Å². The molecule has 22 heavy (non-hydrogen) atoms. The lowest BCUT2D eigenvalue weighted by atomic mass is 10.0. The van der Waals surface area contributed by atoms with Crippen LogP contribution >= 0.6 is 0 Å². The quantitative estimate of drug-likeness (QED) is 0.218. The SMILES string of the molecule is CCCCCCCCCCCCCCCCCCN(O)CC. The molecule has 0 rings (SSSR count). The van der Waals surface area contributed by atoms with E-state index in [9.17, 15) is 5.21 Å². The van der Waals surface area contributed by atoms with Gasteiger partial charge in [-0.3, -0.25) is 0 Å². The molecule has 0 aromatic carbocycles. The fourth-order valence-electron chi connectivity index (χ4n) is 3.00. The number of unbranched alkanes of at least 4 members (excludes halogenated alkanes) is 15. The molecule has 0 radical (unpaired) electrons. The fraction of sp³-hybridized carbons (Fsp3) is 1.00. The normalized spacial score (nSPS) is 11.5. The maximum Gasteiger partial charge on any atom is 0.0238 e. The van der Waals surface area contributed by atoms with Gasteiger partial charge in [0, 0.05) is 13.1 Å². The van der Waals surface area contributed by atoms with Crippen LogP contribution in [0.4, 0.5) is 0 Å². The zero-order valence-electron chi connectivity index (χ0n) is 15.6. The van der Waals surface area contributed by atoms with E-state index in [-0.39, 0.29) is 0 Å². The third-order valence-corrected chi connectivity index (χ3v) is 4.63. The minimum Gasteiger partial charge on any atom is -0.314 e.